The summed E-state index contributed by atoms with van der Waals surface area (Å²) >= 11 is 7.15. The summed E-state index contributed by atoms with van der Waals surface area (Å²) < 4.78 is 25.0. The molecule has 1 aliphatic heterocycles. The lowest BCUT2D eigenvalue weighted by Gasteiger charge is -2.18. The Morgan fingerprint density at radius 3 is 2.72 bits per heavy atom. The van der Waals surface area contributed by atoms with Crippen molar-refractivity contribution in [3.63, 3.8) is 0 Å². The molecule has 1 N–H and O–H groups in total. The Balaban J connectivity index is 2.09. The number of fused-ring (bicyclic) bond motifs is 1. The molecule has 25 heavy (non-hydrogen) atoms. The summed E-state index contributed by atoms with van der Waals surface area (Å²) in [6.07, 6.45) is -0.958. The van der Waals surface area contributed by atoms with Gasteiger partial charge in [0.25, 0.3) is 5.56 Å². The Morgan fingerprint density at radius 2 is 2.12 bits per heavy atom. The van der Waals surface area contributed by atoms with Gasteiger partial charge in [-0.1, -0.05) is 37.2 Å². The van der Waals surface area contributed by atoms with Crippen LogP contribution in [0.2, 0.25) is 5.02 Å². The summed E-state index contributed by atoms with van der Waals surface area (Å²) in [7, 11) is -3.26. The molecule has 6 nitrogen and oxygen atoms in total. The van der Waals surface area contributed by atoms with Gasteiger partial charge in [-0.3, -0.25) is 9.36 Å². The van der Waals surface area contributed by atoms with Crippen molar-refractivity contribution in [1.82, 2.24) is 9.55 Å². The number of aliphatic hydroxyl groups is 1. The van der Waals surface area contributed by atoms with Crippen LogP contribution in [0.1, 0.15) is 13.8 Å². The zero-order chi connectivity index (χ0) is 18.4. The van der Waals surface area contributed by atoms with Crippen molar-refractivity contribution in [2.75, 3.05) is 11.5 Å². The SMILES string of the molecule is CC(C)Cn1c(S[C@H]2CS(=O)(=O)C[C@@H]2O)nc2ccc(Cl)cc2c1=O. The standard InChI is InChI=1S/C16H19ClN2O4S2/c1-9(2)6-19-15(21)11-5-10(17)3-4-12(11)18-16(19)24-14-8-25(22,23)7-13(14)20/h3-5,9,13-14,20H,6-8H2,1-2H3/t13-,14-/m0/s1. The largest absolute Gasteiger partial charge is 0.391 e. The molecular weight excluding hydrogens is 384 g/mol. The average Bonchev–Trinajstić information content (AvgIpc) is 2.76. The normalized spacial score (nSPS) is 22.8. The number of halogens is 1. The van der Waals surface area contributed by atoms with Gasteiger partial charge >= 0.3 is 0 Å². The van der Waals surface area contributed by atoms with Crippen molar-refractivity contribution < 1.29 is 13.5 Å². The van der Waals surface area contributed by atoms with Gasteiger partial charge in [-0.05, 0) is 24.1 Å². The molecule has 136 valence electrons. The first kappa shape index (κ1) is 18.7. The molecule has 0 unspecified atom stereocenters. The number of hydrogen-bond donors (Lipinski definition) is 1. The van der Waals surface area contributed by atoms with Crippen LogP contribution in [0, 0.1) is 5.92 Å². The van der Waals surface area contributed by atoms with Crippen LogP contribution in [0.5, 0.6) is 0 Å². The first-order chi connectivity index (χ1) is 11.7. The molecule has 3 rings (SSSR count). The number of sulfone groups is 1. The monoisotopic (exact) mass is 402 g/mol. The van der Waals surface area contributed by atoms with Crippen molar-refractivity contribution in [1.29, 1.82) is 0 Å². The highest BCUT2D eigenvalue weighted by Crippen LogP contribution is 2.31. The predicted octanol–water partition coefficient (Wildman–Crippen LogP) is 1.96. The van der Waals surface area contributed by atoms with Crippen molar-refractivity contribution in [3.8, 4) is 0 Å². The number of benzene rings is 1. The zero-order valence-electron chi connectivity index (χ0n) is 13.8. The van der Waals surface area contributed by atoms with Gasteiger partial charge in [0.2, 0.25) is 0 Å². The van der Waals surface area contributed by atoms with Crippen LogP contribution >= 0.6 is 23.4 Å². The van der Waals surface area contributed by atoms with Gasteiger partial charge in [-0.2, -0.15) is 0 Å². The van der Waals surface area contributed by atoms with Crippen LogP contribution in [0.4, 0.5) is 0 Å². The number of rotatable bonds is 4. The van der Waals surface area contributed by atoms with Crippen LogP contribution in [0.15, 0.2) is 28.2 Å². The van der Waals surface area contributed by atoms with E-state index in [1.807, 2.05) is 13.8 Å². The highest BCUT2D eigenvalue weighted by Gasteiger charge is 2.38. The minimum atomic E-state index is -3.26. The quantitative estimate of drug-likeness (QED) is 0.786. The van der Waals surface area contributed by atoms with Gasteiger partial charge in [-0.15, -0.1) is 0 Å². The van der Waals surface area contributed by atoms with Crippen molar-refractivity contribution in [2.45, 2.75) is 36.9 Å². The van der Waals surface area contributed by atoms with Crippen LogP contribution in [-0.2, 0) is 16.4 Å². The van der Waals surface area contributed by atoms with Crippen LogP contribution in [-0.4, -0.2) is 45.9 Å². The summed E-state index contributed by atoms with van der Waals surface area (Å²) in [4.78, 5) is 17.4. The Bertz CT molecular complexity index is 972. The second kappa shape index (κ2) is 6.90. The molecular formula is C16H19ClN2O4S2. The van der Waals surface area contributed by atoms with Gasteiger partial charge < -0.3 is 5.11 Å². The van der Waals surface area contributed by atoms with E-state index in [4.69, 9.17) is 11.6 Å². The molecule has 0 saturated carbocycles. The molecule has 0 radical (unpaired) electrons. The maximum Gasteiger partial charge on any atom is 0.262 e. The molecule has 2 aromatic rings. The molecule has 2 atom stereocenters. The molecule has 1 aromatic heterocycles. The molecule has 9 heteroatoms. The Labute approximate surface area is 155 Å². The third-order valence-corrected chi connectivity index (χ3v) is 7.43. The zero-order valence-corrected chi connectivity index (χ0v) is 16.2. The van der Waals surface area contributed by atoms with E-state index < -0.39 is 21.2 Å². The van der Waals surface area contributed by atoms with E-state index >= 15 is 0 Å². The molecule has 0 aliphatic carbocycles. The smallest absolute Gasteiger partial charge is 0.262 e. The van der Waals surface area contributed by atoms with E-state index in [1.165, 1.54) is 0 Å². The van der Waals surface area contributed by atoms with Gasteiger partial charge in [0.1, 0.15) is 0 Å². The summed E-state index contributed by atoms with van der Waals surface area (Å²) in [5, 5.41) is 10.8. The van der Waals surface area contributed by atoms with E-state index in [0.29, 0.717) is 27.6 Å². The fraction of sp³-hybridized carbons (Fsp3) is 0.500. The van der Waals surface area contributed by atoms with E-state index in [2.05, 4.69) is 4.98 Å². The van der Waals surface area contributed by atoms with Crippen LogP contribution in [0.25, 0.3) is 10.9 Å². The lowest BCUT2D eigenvalue weighted by Crippen LogP contribution is -2.28. The predicted molar refractivity (Wildman–Crippen MR) is 100 cm³/mol. The molecule has 1 saturated heterocycles. The number of thioether (sulfide) groups is 1. The van der Waals surface area contributed by atoms with Crippen LogP contribution in [0.3, 0.4) is 0 Å². The van der Waals surface area contributed by atoms with Gasteiger partial charge in [0, 0.05) is 11.6 Å². The molecule has 1 fully saturated rings. The fourth-order valence-corrected chi connectivity index (χ4v) is 6.59. The number of aliphatic hydroxyl groups excluding tert-OH is 1. The van der Waals surface area contributed by atoms with Gasteiger partial charge in [0.15, 0.2) is 15.0 Å². The first-order valence-electron chi connectivity index (χ1n) is 7.91. The Kier molecular flexibility index (Phi) is 5.16. The first-order valence-corrected chi connectivity index (χ1v) is 11.0. The molecule has 0 bridgehead atoms. The summed E-state index contributed by atoms with van der Waals surface area (Å²) in [6, 6.07) is 4.92. The van der Waals surface area contributed by atoms with Crippen molar-refractivity contribution >= 4 is 44.1 Å². The molecule has 0 spiro atoms. The lowest BCUT2D eigenvalue weighted by atomic mass is 10.2. The number of aromatic nitrogens is 2. The van der Waals surface area contributed by atoms with Crippen molar-refractivity contribution in [3.05, 3.63) is 33.6 Å². The maximum atomic E-state index is 12.9. The summed E-state index contributed by atoms with van der Waals surface area (Å²) in [5.74, 6) is -0.162. The van der Waals surface area contributed by atoms with E-state index in [1.54, 1.807) is 22.8 Å². The Morgan fingerprint density at radius 1 is 1.40 bits per heavy atom. The summed E-state index contributed by atoms with van der Waals surface area (Å²) in [6.45, 7) is 4.42. The highest BCUT2D eigenvalue weighted by atomic mass is 35.5. The van der Waals surface area contributed by atoms with Crippen LogP contribution < -0.4 is 5.56 Å². The molecule has 2 heterocycles. The van der Waals surface area contributed by atoms with E-state index in [9.17, 15) is 18.3 Å². The third-order valence-electron chi connectivity index (χ3n) is 3.96. The fourth-order valence-electron chi connectivity index (χ4n) is 2.83. The molecule has 1 aliphatic rings. The lowest BCUT2D eigenvalue weighted by molar-refractivity contribution is 0.207. The van der Waals surface area contributed by atoms with E-state index in [-0.39, 0.29) is 23.0 Å². The Hall–Kier alpha value is -1.09. The van der Waals surface area contributed by atoms with Crippen molar-refractivity contribution in [2.24, 2.45) is 5.92 Å². The maximum absolute atomic E-state index is 12.9. The second-order valence-electron chi connectivity index (χ2n) is 6.67. The minimum absolute atomic E-state index is 0.116. The third kappa shape index (κ3) is 4.02. The summed E-state index contributed by atoms with van der Waals surface area (Å²) in [5.41, 5.74) is 0.297. The average molecular weight is 403 g/mol. The van der Waals surface area contributed by atoms with Gasteiger partial charge in [0.05, 0.1) is 33.8 Å². The molecule has 0 amide bonds. The van der Waals surface area contributed by atoms with Gasteiger partial charge in [-0.25, -0.2) is 13.4 Å². The molecule has 1 aromatic carbocycles. The number of nitrogens with zero attached hydrogens (tertiary/aromatic N) is 2. The highest BCUT2D eigenvalue weighted by molar-refractivity contribution is 8.01. The second-order valence-corrected chi connectivity index (χ2v) is 10.5. The topological polar surface area (TPSA) is 89.3 Å². The van der Waals surface area contributed by atoms with E-state index in [0.717, 1.165) is 11.8 Å². The minimum Gasteiger partial charge on any atom is -0.391 e. The number of hydrogen-bond acceptors (Lipinski definition) is 6.